The Morgan fingerprint density at radius 2 is 2.41 bits per heavy atom. The Morgan fingerprint density at radius 1 is 1.53 bits per heavy atom. The second-order valence-electron chi connectivity index (χ2n) is 4.23. The molecule has 2 atom stereocenters. The second-order valence-corrected chi connectivity index (χ2v) is 4.23. The lowest BCUT2D eigenvalue weighted by Gasteiger charge is -2.13. The molecule has 1 aromatic rings. The van der Waals surface area contributed by atoms with Crippen LogP contribution in [0.2, 0.25) is 0 Å². The van der Waals surface area contributed by atoms with Gasteiger partial charge in [0.15, 0.2) is 0 Å². The van der Waals surface area contributed by atoms with Gasteiger partial charge in [-0.05, 0) is 31.7 Å². The van der Waals surface area contributed by atoms with Gasteiger partial charge in [0, 0.05) is 12.7 Å². The van der Waals surface area contributed by atoms with Crippen LogP contribution < -0.4 is 4.74 Å². The number of aromatic nitrogens is 2. The van der Waals surface area contributed by atoms with Crippen molar-refractivity contribution < 1.29 is 14.6 Å². The summed E-state index contributed by atoms with van der Waals surface area (Å²) in [7, 11) is 1.54. The summed E-state index contributed by atoms with van der Waals surface area (Å²) < 4.78 is 10.4. The summed E-state index contributed by atoms with van der Waals surface area (Å²) in [4.78, 5) is 0. The maximum Gasteiger partial charge on any atom is 0.233 e. The van der Waals surface area contributed by atoms with E-state index in [4.69, 9.17) is 9.47 Å². The molecule has 0 aromatic carbocycles. The normalized spacial score (nSPS) is 21.4. The quantitative estimate of drug-likeness (QED) is 0.841. The Labute approximate surface area is 101 Å². The van der Waals surface area contributed by atoms with Crippen LogP contribution in [0.5, 0.6) is 5.88 Å². The third kappa shape index (κ3) is 3.38. The van der Waals surface area contributed by atoms with Crippen molar-refractivity contribution in [1.29, 1.82) is 0 Å². The number of nitrogens with zero attached hydrogens (tertiary/aromatic N) is 2. The molecule has 2 heterocycles. The summed E-state index contributed by atoms with van der Waals surface area (Å²) in [6.07, 6.45) is 3.48. The van der Waals surface area contributed by atoms with Crippen LogP contribution in [0.1, 0.15) is 37.5 Å². The Balaban J connectivity index is 1.83. The van der Waals surface area contributed by atoms with Gasteiger partial charge in [-0.25, -0.2) is 0 Å². The molecule has 0 amide bonds. The van der Waals surface area contributed by atoms with E-state index in [2.05, 4.69) is 10.2 Å². The summed E-state index contributed by atoms with van der Waals surface area (Å²) in [5.41, 5.74) is 0.587. The number of rotatable bonds is 5. The van der Waals surface area contributed by atoms with Gasteiger partial charge in [0.1, 0.15) is 0 Å². The fourth-order valence-corrected chi connectivity index (χ4v) is 1.98. The van der Waals surface area contributed by atoms with Crippen LogP contribution in [0.4, 0.5) is 0 Å². The molecule has 17 heavy (non-hydrogen) atoms. The lowest BCUT2D eigenvalue weighted by molar-refractivity contribution is 0.0799. The van der Waals surface area contributed by atoms with E-state index in [1.54, 1.807) is 12.1 Å². The van der Waals surface area contributed by atoms with Gasteiger partial charge in [-0.15, -0.1) is 10.2 Å². The Kier molecular flexibility index (Phi) is 4.28. The maximum absolute atomic E-state index is 9.95. The lowest BCUT2D eigenvalue weighted by Crippen LogP contribution is -2.09. The average molecular weight is 238 g/mol. The van der Waals surface area contributed by atoms with Crippen LogP contribution in [0.15, 0.2) is 12.1 Å². The zero-order valence-electron chi connectivity index (χ0n) is 10.0. The van der Waals surface area contributed by atoms with E-state index in [0.29, 0.717) is 24.1 Å². The monoisotopic (exact) mass is 238 g/mol. The minimum absolute atomic E-state index is 0.302. The van der Waals surface area contributed by atoms with Crippen LogP contribution in [0.25, 0.3) is 0 Å². The molecule has 2 rings (SSSR count). The predicted octanol–water partition coefficient (Wildman–Crippen LogP) is 1.48. The molecule has 94 valence electrons. The molecule has 5 heteroatoms. The van der Waals surface area contributed by atoms with Gasteiger partial charge < -0.3 is 14.6 Å². The van der Waals surface area contributed by atoms with Crippen LogP contribution >= 0.6 is 0 Å². The Bertz CT molecular complexity index is 336. The van der Waals surface area contributed by atoms with Crippen molar-refractivity contribution in [3.05, 3.63) is 17.8 Å². The van der Waals surface area contributed by atoms with Crippen molar-refractivity contribution in [3.8, 4) is 5.88 Å². The highest BCUT2D eigenvalue weighted by Gasteiger charge is 2.18. The highest BCUT2D eigenvalue weighted by Crippen LogP contribution is 2.23. The molecule has 0 aliphatic carbocycles. The van der Waals surface area contributed by atoms with Gasteiger partial charge in [-0.3, -0.25) is 0 Å². The maximum atomic E-state index is 9.95. The molecule has 1 saturated heterocycles. The Hall–Kier alpha value is -1.20. The number of hydrogen-bond donors (Lipinski definition) is 1. The number of aliphatic hydroxyl groups is 1. The smallest absolute Gasteiger partial charge is 0.233 e. The molecule has 0 radical (unpaired) electrons. The highest BCUT2D eigenvalue weighted by molar-refractivity contribution is 5.12. The highest BCUT2D eigenvalue weighted by atomic mass is 16.5. The minimum Gasteiger partial charge on any atom is -0.480 e. The van der Waals surface area contributed by atoms with Crippen molar-refractivity contribution >= 4 is 0 Å². The number of ether oxygens (including phenoxy) is 2. The average Bonchev–Trinajstić information content (AvgIpc) is 2.89. The zero-order valence-corrected chi connectivity index (χ0v) is 10.0. The summed E-state index contributed by atoms with van der Waals surface area (Å²) in [5, 5.41) is 17.7. The zero-order chi connectivity index (χ0) is 12.1. The third-order valence-corrected chi connectivity index (χ3v) is 3.00. The molecule has 1 aliphatic heterocycles. The van der Waals surface area contributed by atoms with E-state index in [1.165, 1.54) is 7.11 Å². The predicted molar refractivity (Wildman–Crippen MR) is 61.8 cm³/mol. The summed E-state index contributed by atoms with van der Waals surface area (Å²) in [6.45, 7) is 0.850. The molecular weight excluding hydrogens is 220 g/mol. The fourth-order valence-electron chi connectivity index (χ4n) is 1.98. The summed E-state index contributed by atoms with van der Waals surface area (Å²) in [6, 6.07) is 3.45. The molecule has 1 N–H and O–H groups in total. The third-order valence-electron chi connectivity index (χ3n) is 3.00. The lowest BCUT2D eigenvalue weighted by atomic mass is 10.1. The first-order valence-electron chi connectivity index (χ1n) is 5.97. The van der Waals surface area contributed by atoms with Gasteiger partial charge in [0.2, 0.25) is 5.88 Å². The van der Waals surface area contributed by atoms with Gasteiger partial charge in [0.05, 0.1) is 25.0 Å². The first kappa shape index (κ1) is 12.3. The van der Waals surface area contributed by atoms with Crippen molar-refractivity contribution in [1.82, 2.24) is 10.2 Å². The van der Waals surface area contributed by atoms with E-state index in [9.17, 15) is 5.11 Å². The SMILES string of the molecule is COc1ccc(C(O)CCC2CCCO2)nn1. The summed E-state index contributed by atoms with van der Waals surface area (Å²) in [5.74, 6) is 0.458. The summed E-state index contributed by atoms with van der Waals surface area (Å²) >= 11 is 0. The van der Waals surface area contributed by atoms with Crippen molar-refractivity contribution in [2.75, 3.05) is 13.7 Å². The van der Waals surface area contributed by atoms with Crippen LogP contribution in [0.3, 0.4) is 0 Å². The first-order chi connectivity index (χ1) is 8.29. The van der Waals surface area contributed by atoms with Crippen molar-refractivity contribution in [3.63, 3.8) is 0 Å². The van der Waals surface area contributed by atoms with Crippen molar-refractivity contribution in [2.45, 2.75) is 37.9 Å². The van der Waals surface area contributed by atoms with Gasteiger partial charge >= 0.3 is 0 Å². The number of hydrogen-bond acceptors (Lipinski definition) is 5. The van der Waals surface area contributed by atoms with Crippen LogP contribution in [0, 0.1) is 0 Å². The van der Waals surface area contributed by atoms with Crippen LogP contribution in [-0.2, 0) is 4.74 Å². The molecule has 2 unspecified atom stereocenters. The standard InChI is InChI=1S/C12H18N2O3/c1-16-12-7-5-10(13-14-12)11(15)6-4-9-3-2-8-17-9/h5,7,9,11,15H,2-4,6,8H2,1H3. The first-order valence-corrected chi connectivity index (χ1v) is 5.97. The molecule has 1 aromatic heterocycles. The number of aliphatic hydroxyl groups excluding tert-OH is 1. The molecule has 5 nitrogen and oxygen atoms in total. The molecule has 0 saturated carbocycles. The van der Waals surface area contributed by atoms with Gasteiger partial charge in [-0.1, -0.05) is 0 Å². The molecule has 0 spiro atoms. The fraction of sp³-hybridized carbons (Fsp3) is 0.667. The van der Waals surface area contributed by atoms with Gasteiger partial charge in [-0.2, -0.15) is 0 Å². The topological polar surface area (TPSA) is 64.5 Å². The van der Waals surface area contributed by atoms with Crippen LogP contribution in [-0.4, -0.2) is 35.1 Å². The second kappa shape index (κ2) is 5.93. The molecule has 0 bridgehead atoms. The van der Waals surface area contributed by atoms with Gasteiger partial charge in [0.25, 0.3) is 0 Å². The van der Waals surface area contributed by atoms with Crippen molar-refractivity contribution in [2.24, 2.45) is 0 Å². The number of methoxy groups -OCH3 is 1. The molecule has 1 fully saturated rings. The molecular formula is C12H18N2O3. The van der Waals surface area contributed by atoms with E-state index in [1.807, 2.05) is 0 Å². The van der Waals surface area contributed by atoms with E-state index in [-0.39, 0.29) is 0 Å². The Morgan fingerprint density at radius 3 is 3.00 bits per heavy atom. The van der Waals surface area contributed by atoms with E-state index < -0.39 is 6.10 Å². The van der Waals surface area contributed by atoms with E-state index >= 15 is 0 Å². The largest absolute Gasteiger partial charge is 0.480 e. The minimum atomic E-state index is -0.572. The molecule has 1 aliphatic rings. The van der Waals surface area contributed by atoms with E-state index in [0.717, 1.165) is 25.9 Å².